The predicted molar refractivity (Wildman–Crippen MR) is 72.5 cm³/mol. The van der Waals surface area contributed by atoms with Gasteiger partial charge in [0.25, 0.3) is 5.91 Å². The zero-order valence-corrected chi connectivity index (χ0v) is 11.5. The van der Waals surface area contributed by atoms with Gasteiger partial charge in [-0.25, -0.2) is 0 Å². The zero-order chi connectivity index (χ0) is 13.1. The fraction of sp³-hybridized carbons (Fsp3) is 0.500. The molecule has 1 amide bonds. The van der Waals surface area contributed by atoms with Crippen molar-refractivity contribution in [3.05, 3.63) is 28.3 Å². The maximum absolute atomic E-state index is 12.2. The van der Waals surface area contributed by atoms with Crippen molar-refractivity contribution in [2.24, 2.45) is 0 Å². The normalized spacial score (nSPS) is 15.7. The van der Waals surface area contributed by atoms with Crippen LogP contribution >= 0.6 is 11.6 Å². The highest BCUT2D eigenvalue weighted by molar-refractivity contribution is 6.32. The maximum Gasteiger partial charge on any atom is 0.251 e. The lowest BCUT2D eigenvalue weighted by Gasteiger charge is -2.14. The van der Waals surface area contributed by atoms with Gasteiger partial charge in [0, 0.05) is 11.6 Å². The van der Waals surface area contributed by atoms with Crippen molar-refractivity contribution in [1.29, 1.82) is 0 Å². The van der Waals surface area contributed by atoms with Gasteiger partial charge in [0.05, 0.1) is 12.1 Å². The number of halogens is 1. The number of amides is 1. The van der Waals surface area contributed by atoms with Crippen LogP contribution in [0.2, 0.25) is 5.02 Å². The summed E-state index contributed by atoms with van der Waals surface area (Å²) in [7, 11) is 1.57. The third-order valence-corrected chi connectivity index (χ3v) is 3.73. The van der Waals surface area contributed by atoms with E-state index < -0.39 is 0 Å². The summed E-state index contributed by atoms with van der Waals surface area (Å²) in [4.78, 5) is 12.2. The Hall–Kier alpha value is -1.22. The lowest BCUT2D eigenvalue weighted by Crippen LogP contribution is -2.33. The van der Waals surface area contributed by atoms with Crippen LogP contribution in [0.15, 0.2) is 12.1 Å². The Labute approximate surface area is 112 Å². The van der Waals surface area contributed by atoms with Crippen LogP contribution in [0.3, 0.4) is 0 Å². The number of carbonyl (C=O) groups is 1. The highest BCUT2D eigenvalue weighted by atomic mass is 35.5. The summed E-state index contributed by atoms with van der Waals surface area (Å²) >= 11 is 6.06. The van der Waals surface area contributed by atoms with Crippen LogP contribution < -0.4 is 10.1 Å². The van der Waals surface area contributed by atoms with Crippen molar-refractivity contribution < 1.29 is 9.53 Å². The van der Waals surface area contributed by atoms with Crippen molar-refractivity contribution in [3.63, 3.8) is 0 Å². The Morgan fingerprint density at radius 2 is 2.06 bits per heavy atom. The van der Waals surface area contributed by atoms with E-state index in [4.69, 9.17) is 16.3 Å². The topological polar surface area (TPSA) is 38.3 Å². The fourth-order valence-electron chi connectivity index (χ4n) is 2.39. The van der Waals surface area contributed by atoms with Crippen LogP contribution in [0.25, 0.3) is 0 Å². The van der Waals surface area contributed by atoms with Gasteiger partial charge < -0.3 is 10.1 Å². The number of hydrogen-bond acceptors (Lipinski definition) is 2. The first-order valence-corrected chi connectivity index (χ1v) is 6.64. The van der Waals surface area contributed by atoms with Crippen LogP contribution in [-0.2, 0) is 0 Å². The van der Waals surface area contributed by atoms with E-state index in [0.29, 0.717) is 22.4 Å². The summed E-state index contributed by atoms with van der Waals surface area (Å²) in [5.41, 5.74) is 1.51. The molecule has 0 spiro atoms. The largest absolute Gasteiger partial charge is 0.495 e. The number of rotatable bonds is 3. The molecule has 1 aliphatic rings. The van der Waals surface area contributed by atoms with Gasteiger partial charge in [-0.15, -0.1) is 0 Å². The average molecular weight is 268 g/mol. The van der Waals surface area contributed by atoms with Crippen LogP contribution in [0.4, 0.5) is 0 Å². The maximum atomic E-state index is 12.2. The smallest absolute Gasteiger partial charge is 0.251 e. The molecule has 1 N–H and O–H groups in total. The SMILES string of the molecule is COc1cc(C)c(C(=O)NC2CCCC2)cc1Cl. The minimum Gasteiger partial charge on any atom is -0.495 e. The Bertz CT molecular complexity index is 453. The number of benzene rings is 1. The van der Waals surface area contributed by atoms with Crippen LogP contribution in [0.1, 0.15) is 41.6 Å². The molecular weight excluding hydrogens is 250 g/mol. The van der Waals surface area contributed by atoms with Crippen LogP contribution in [0.5, 0.6) is 5.75 Å². The monoisotopic (exact) mass is 267 g/mol. The van der Waals surface area contributed by atoms with Gasteiger partial charge in [-0.2, -0.15) is 0 Å². The van der Waals surface area contributed by atoms with Gasteiger partial charge >= 0.3 is 0 Å². The standard InChI is InChI=1S/C14H18ClNO2/c1-9-7-13(18-2)12(15)8-11(9)14(17)16-10-5-3-4-6-10/h7-8,10H,3-6H2,1-2H3,(H,16,17). The first kappa shape index (κ1) is 13.2. The van der Waals surface area contributed by atoms with E-state index in [-0.39, 0.29) is 5.91 Å². The molecular formula is C14H18ClNO2. The van der Waals surface area contributed by atoms with Crippen LogP contribution in [0, 0.1) is 6.92 Å². The van der Waals surface area contributed by atoms with Crippen molar-refractivity contribution >= 4 is 17.5 Å². The lowest BCUT2D eigenvalue weighted by atomic mass is 10.1. The first-order valence-electron chi connectivity index (χ1n) is 6.27. The molecule has 0 unspecified atom stereocenters. The molecule has 4 heteroatoms. The number of hydrogen-bond donors (Lipinski definition) is 1. The second kappa shape index (κ2) is 5.61. The van der Waals surface area contributed by atoms with Crippen LogP contribution in [-0.4, -0.2) is 19.1 Å². The first-order chi connectivity index (χ1) is 8.61. The molecule has 0 bridgehead atoms. The minimum atomic E-state index is -0.0380. The molecule has 0 aromatic heterocycles. The van der Waals surface area contributed by atoms with Gasteiger partial charge in [0.15, 0.2) is 0 Å². The van der Waals surface area contributed by atoms with E-state index >= 15 is 0 Å². The number of ether oxygens (including phenoxy) is 1. The molecule has 0 aliphatic heterocycles. The Morgan fingerprint density at radius 1 is 1.39 bits per heavy atom. The molecule has 98 valence electrons. The van der Waals surface area contributed by atoms with Crippen molar-refractivity contribution in [2.45, 2.75) is 38.6 Å². The molecule has 0 heterocycles. The fourth-order valence-corrected chi connectivity index (χ4v) is 2.63. The molecule has 1 fully saturated rings. The number of aryl methyl sites for hydroxylation is 1. The summed E-state index contributed by atoms with van der Waals surface area (Å²) in [5.74, 6) is 0.565. The molecule has 0 radical (unpaired) electrons. The van der Waals surface area contributed by atoms with E-state index in [9.17, 15) is 4.79 Å². The van der Waals surface area contributed by atoms with Gasteiger partial charge in [-0.1, -0.05) is 24.4 Å². The Balaban J connectivity index is 2.16. The van der Waals surface area contributed by atoms with Crippen molar-refractivity contribution in [2.75, 3.05) is 7.11 Å². The molecule has 0 atom stereocenters. The third-order valence-electron chi connectivity index (χ3n) is 3.43. The van der Waals surface area contributed by atoms with E-state index in [0.717, 1.165) is 18.4 Å². The highest BCUT2D eigenvalue weighted by Crippen LogP contribution is 2.28. The molecule has 1 aromatic rings. The second-order valence-corrected chi connectivity index (χ2v) is 5.16. The number of methoxy groups -OCH3 is 1. The molecule has 2 rings (SSSR count). The van der Waals surface area contributed by atoms with Gasteiger partial charge in [-0.05, 0) is 37.5 Å². The quantitative estimate of drug-likeness (QED) is 0.912. The molecule has 0 saturated heterocycles. The van der Waals surface area contributed by atoms with E-state index in [1.165, 1.54) is 12.8 Å². The summed E-state index contributed by atoms with van der Waals surface area (Å²) in [6, 6.07) is 3.80. The summed E-state index contributed by atoms with van der Waals surface area (Å²) < 4.78 is 5.13. The Morgan fingerprint density at radius 3 is 2.67 bits per heavy atom. The van der Waals surface area contributed by atoms with Crippen molar-refractivity contribution in [3.8, 4) is 5.75 Å². The van der Waals surface area contributed by atoms with Gasteiger partial charge in [0.2, 0.25) is 0 Å². The number of nitrogens with one attached hydrogen (secondary N) is 1. The third kappa shape index (κ3) is 2.78. The second-order valence-electron chi connectivity index (χ2n) is 4.76. The van der Waals surface area contributed by atoms with Crippen molar-refractivity contribution in [1.82, 2.24) is 5.32 Å². The molecule has 18 heavy (non-hydrogen) atoms. The highest BCUT2D eigenvalue weighted by Gasteiger charge is 2.19. The minimum absolute atomic E-state index is 0.0380. The lowest BCUT2D eigenvalue weighted by molar-refractivity contribution is 0.0937. The van der Waals surface area contributed by atoms with E-state index in [2.05, 4.69) is 5.32 Å². The van der Waals surface area contributed by atoms with Gasteiger partial charge in [-0.3, -0.25) is 4.79 Å². The number of carbonyl (C=O) groups excluding carboxylic acids is 1. The zero-order valence-electron chi connectivity index (χ0n) is 10.8. The van der Waals surface area contributed by atoms with E-state index in [1.54, 1.807) is 19.2 Å². The molecule has 1 aromatic carbocycles. The summed E-state index contributed by atoms with van der Waals surface area (Å²) in [5, 5.41) is 3.53. The van der Waals surface area contributed by atoms with Gasteiger partial charge in [0.1, 0.15) is 5.75 Å². The predicted octanol–water partition coefficient (Wildman–Crippen LogP) is 3.33. The summed E-state index contributed by atoms with van der Waals surface area (Å²) in [6.45, 7) is 1.89. The average Bonchev–Trinajstić information content (AvgIpc) is 2.84. The Kier molecular flexibility index (Phi) is 4.12. The molecule has 1 saturated carbocycles. The van der Waals surface area contributed by atoms with E-state index in [1.807, 2.05) is 6.92 Å². The molecule has 1 aliphatic carbocycles. The summed E-state index contributed by atoms with van der Waals surface area (Å²) in [6.07, 6.45) is 4.56. The molecule has 3 nitrogen and oxygen atoms in total.